The van der Waals surface area contributed by atoms with Crippen LogP contribution in [0.5, 0.6) is 0 Å². The van der Waals surface area contributed by atoms with Crippen LogP contribution in [0.2, 0.25) is 0 Å². The van der Waals surface area contributed by atoms with E-state index in [0.29, 0.717) is 0 Å². The number of para-hydroxylation sites is 1. The van der Waals surface area contributed by atoms with Crippen LogP contribution in [0, 0.1) is 47.4 Å². The van der Waals surface area contributed by atoms with Crippen molar-refractivity contribution in [2.75, 3.05) is 0 Å². The molecule has 0 aliphatic carbocycles. The van der Waals surface area contributed by atoms with Crippen molar-refractivity contribution in [3.05, 3.63) is 72.3 Å². The second kappa shape index (κ2) is 5.77. The Balaban J connectivity index is 0.00000171. The van der Waals surface area contributed by atoms with Crippen molar-refractivity contribution in [3.63, 3.8) is 0 Å². The Hall–Kier alpha value is -1.51. The molecule has 0 unspecified atom stereocenters. The molecule has 0 bridgehead atoms. The van der Waals surface area contributed by atoms with Gasteiger partial charge in [0, 0.05) is 57.5 Å². The first kappa shape index (κ1) is 18.5. The molecule has 3 aromatic carbocycles. The fraction of sp³-hybridized carbons (Fsp3) is 0.240. The molecule has 3 heteroatoms. The van der Waals surface area contributed by atoms with Gasteiger partial charge in [0.2, 0.25) is 0 Å². The van der Waals surface area contributed by atoms with Crippen LogP contribution in [0.1, 0.15) is 33.3 Å². The fourth-order valence-corrected chi connectivity index (χ4v) is 5.19. The quantitative estimate of drug-likeness (QED) is 0.153. The van der Waals surface area contributed by atoms with Gasteiger partial charge in [-0.3, -0.25) is 0 Å². The standard InChI is InChI=1S/C25H22N2.Pr/c1-24(2)18-12-9-11-17-16-10-5-6-13-19(16)26-20-14-7-8-15-21(20)27(25(24,3)4)23(26)22(17)18;/h5-6,8-15H,1-4H3;. The van der Waals surface area contributed by atoms with Gasteiger partial charge in [-0.1, -0.05) is 50.2 Å². The number of benzene rings is 3. The second-order valence-corrected chi connectivity index (χ2v) is 8.84. The molecule has 0 N–H and O–H groups in total. The molecule has 1 radical (unpaired) electrons. The average Bonchev–Trinajstić information content (AvgIpc) is 3.03. The Kier molecular flexibility index (Phi) is 3.81. The molecule has 0 amide bonds. The van der Waals surface area contributed by atoms with Gasteiger partial charge in [0.05, 0.1) is 16.4 Å². The first-order valence-electron chi connectivity index (χ1n) is 9.65. The zero-order valence-corrected chi connectivity index (χ0v) is 20.4. The molecule has 28 heavy (non-hydrogen) atoms. The zero-order valence-electron chi connectivity index (χ0n) is 16.7. The van der Waals surface area contributed by atoms with E-state index < -0.39 is 0 Å². The van der Waals surface area contributed by atoms with E-state index in [-0.39, 0.29) is 52.2 Å². The van der Waals surface area contributed by atoms with E-state index in [2.05, 4.69) is 97.3 Å². The Morgan fingerprint density at radius 2 is 1.61 bits per heavy atom. The molecule has 3 heterocycles. The van der Waals surface area contributed by atoms with Crippen LogP contribution in [0.25, 0.3) is 38.4 Å². The Morgan fingerprint density at radius 3 is 2.43 bits per heavy atom. The summed E-state index contributed by atoms with van der Waals surface area (Å²) >= 11 is 0. The summed E-state index contributed by atoms with van der Waals surface area (Å²) in [6.45, 7) is 9.52. The molecule has 0 spiro atoms. The SMILES string of the molecule is CC1(C)c2cccc3c4ccccc4n4c5c[c-]ccc5[n+](c4c23)C1(C)C.[Pr]. The van der Waals surface area contributed by atoms with Gasteiger partial charge in [-0.25, -0.2) is 8.97 Å². The van der Waals surface area contributed by atoms with E-state index in [1.165, 1.54) is 43.9 Å². The fourth-order valence-electron chi connectivity index (χ4n) is 5.19. The summed E-state index contributed by atoms with van der Waals surface area (Å²) in [7, 11) is 0. The predicted octanol–water partition coefficient (Wildman–Crippen LogP) is 5.51. The molecule has 2 aromatic heterocycles. The minimum absolute atomic E-state index is 0. The van der Waals surface area contributed by atoms with Crippen LogP contribution in [0.15, 0.2) is 60.7 Å². The number of pyridine rings is 1. The molecule has 1 aliphatic rings. The Labute approximate surface area is 198 Å². The Morgan fingerprint density at radius 1 is 0.857 bits per heavy atom. The number of nitrogens with zero attached hydrogens (tertiary/aromatic N) is 2. The van der Waals surface area contributed by atoms with Crippen molar-refractivity contribution in [3.8, 4) is 0 Å². The summed E-state index contributed by atoms with van der Waals surface area (Å²) in [5.41, 5.74) is 6.44. The largest absolute Gasteiger partial charge is 0.283 e. The van der Waals surface area contributed by atoms with Crippen LogP contribution in [0.4, 0.5) is 0 Å². The van der Waals surface area contributed by atoms with Gasteiger partial charge >= 0.3 is 0 Å². The van der Waals surface area contributed by atoms with E-state index in [1.807, 2.05) is 6.07 Å². The number of fused-ring (bicyclic) bond motifs is 6. The van der Waals surface area contributed by atoms with Gasteiger partial charge in [0.15, 0.2) is 0 Å². The smallest absolute Gasteiger partial charge is 0.243 e. The first-order chi connectivity index (χ1) is 12.9. The van der Waals surface area contributed by atoms with Crippen molar-refractivity contribution in [1.82, 2.24) is 4.40 Å². The molecule has 0 atom stereocenters. The van der Waals surface area contributed by atoms with Crippen molar-refractivity contribution in [2.24, 2.45) is 0 Å². The molecule has 0 fully saturated rings. The maximum atomic E-state index is 3.31. The van der Waals surface area contributed by atoms with Crippen LogP contribution in [-0.2, 0) is 11.0 Å². The van der Waals surface area contributed by atoms with Crippen molar-refractivity contribution in [1.29, 1.82) is 0 Å². The molecule has 0 saturated carbocycles. The molecular weight excluding hydrogens is 469 g/mol. The van der Waals surface area contributed by atoms with Crippen LogP contribution in [-0.4, -0.2) is 4.40 Å². The predicted molar refractivity (Wildman–Crippen MR) is 111 cm³/mol. The van der Waals surface area contributed by atoms with E-state index in [9.17, 15) is 0 Å². The monoisotopic (exact) mass is 491 g/mol. The molecule has 5 aromatic rings. The third-order valence-electron chi connectivity index (χ3n) is 7.21. The normalized spacial score (nSPS) is 16.9. The van der Waals surface area contributed by atoms with Gasteiger partial charge in [0.25, 0.3) is 5.65 Å². The summed E-state index contributed by atoms with van der Waals surface area (Å²) < 4.78 is 5.02. The topological polar surface area (TPSA) is 8.29 Å². The van der Waals surface area contributed by atoms with Gasteiger partial charge in [-0.05, 0) is 25.5 Å². The van der Waals surface area contributed by atoms with E-state index >= 15 is 0 Å². The Bertz CT molecular complexity index is 1420. The first-order valence-corrected chi connectivity index (χ1v) is 9.65. The molecule has 1 aliphatic heterocycles. The van der Waals surface area contributed by atoms with Crippen molar-refractivity contribution >= 4 is 38.4 Å². The minimum Gasteiger partial charge on any atom is -0.243 e. The molecular formula is C25H22N2Pr. The van der Waals surface area contributed by atoms with Crippen molar-refractivity contribution < 1.29 is 45.9 Å². The molecule has 6 rings (SSSR count). The maximum absolute atomic E-state index is 3.31. The maximum Gasteiger partial charge on any atom is 0.283 e. The number of rotatable bonds is 0. The summed E-state index contributed by atoms with van der Waals surface area (Å²) in [4.78, 5) is 0. The van der Waals surface area contributed by atoms with E-state index in [4.69, 9.17) is 0 Å². The molecule has 135 valence electrons. The van der Waals surface area contributed by atoms with Crippen molar-refractivity contribution in [2.45, 2.75) is 38.6 Å². The van der Waals surface area contributed by atoms with E-state index in [1.54, 1.807) is 0 Å². The van der Waals surface area contributed by atoms with E-state index in [0.717, 1.165) is 0 Å². The summed E-state index contributed by atoms with van der Waals surface area (Å²) in [6.07, 6.45) is 0. The number of aromatic nitrogens is 2. The summed E-state index contributed by atoms with van der Waals surface area (Å²) in [6, 6.07) is 25.3. The van der Waals surface area contributed by atoms with Gasteiger partial charge in [0.1, 0.15) is 11.1 Å². The van der Waals surface area contributed by atoms with Crippen LogP contribution >= 0.6 is 0 Å². The third kappa shape index (κ3) is 1.94. The molecule has 0 saturated heterocycles. The summed E-state index contributed by atoms with van der Waals surface area (Å²) in [5, 5.41) is 4.04. The third-order valence-corrected chi connectivity index (χ3v) is 7.21. The number of imidazole rings is 1. The summed E-state index contributed by atoms with van der Waals surface area (Å²) in [5.74, 6) is 0. The second-order valence-electron chi connectivity index (χ2n) is 8.84. The van der Waals surface area contributed by atoms with Crippen LogP contribution in [0.3, 0.4) is 0 Å². The zero-order chi connectivity index (χ0) is 18.6. The number of hydrogen-bond acceptors (Lipinski definition) is 0. The van der Waals surface area contributed by atoms with Gasteiger partial charge in [-0.2, -0.15) is 12.1 Å². The minimum atomic E-state index is -0.0644. The van der Waals surface area contributed by atoms with Gasteiger partial charge < -0.3 is 0 Å². The number of hydrogen-bond donors (Lipinski definition) is 0. The average molecular weight is 491 g/mol. The molecule has 2 nitrogen and oxygen atoms in total. The van der Waals surface area contributed by atoms with Crippen LogP contribution < -0.4 is 4.57 Å². The van der Waals surface area contributed by atoms with Gasteiger partial charge in [-0.15, -0.1) is 12.1 Å².